The molecule has 0 unspecified atom stereocenters. The van der Waals surface area contributed by atoms with E-state index in [1.54, 1.807) is 6.07 Å². The van der Waals surface area contributed by atoms with Crippen LogP contribution in [0.2, 0.25) is 0 Å². The number of pyridine rings is 1. The lowest BCUT2D eigenvalue weighted by Gasteiger charge is -2.31. The van der Waals surface area contributed by atoms with Gasteiger partial charge in [-0.1, -0.05) is 6.92 Å². The number of aromatic nitrogens is 2. The van der Waals surface area contributed by atoms with Gasteiger partial charge in [0.15, 0.2) is 5.13 Å². The summed E-state index contributed by atoms with van der Waals surface area (Å²) in [5, 5.41) is 11.0. The SMILES string of the molecule is CC1CCN(c2ccc(-c3csc(Nc4cc(S(N)(=O)=O)ccc4OC(C)C)n3)cn2)CC1. The Hall–Kier alpha value is -2.69. The molecule has 0 atom stereocenters. The number of primary sulfonamides is 1. The highest BCUT2D eigenvalue weighted by molar-refractivity contribution is 7.89. The first-order chi connectivity index (χ1) is 15.7. The van der Waals surface area contributed by atoms with Gasteiger partial charge >= 0.3 is 0 Å². The number of nitrogens with one attached hydrogen (secondary N) is 1. The number of thiazole rings is 1. The van der Waals surface area contributed by atoms with E-state index in [2.05, 4.69) is 27.1 Å². The molecule has 0 saturated carbocycles. The van der Waals surface area contributed by atoms with Crippen LogP contribution >= 0.6 is 11.3 Å². The maximum absolute atomic E-state index is 11.8. The van der Waals surface area contributed by atoms with Crippen LogP contribution in [0.25, 0.3) is 11.3 Å². The molecule has 1 fully saturated rings. The van der Waals surface area contributed by atoms with E-state index in [0.717, 1.165) is 36.1 Å². The molecule has 0 bridgehead atoms. The number of hydrogen-bond donors (Lipinski definition) is 2. The quantitative estimate of drug-likeness (QED) is 0.500. The predicted octanol–water partition coefficient (Wildman–Crippen LogP) is 4.62. The van der Waals surface area contributed by atoms with E-state index in [9.17, 15) is 8.42 Å². The topological polar surface area (TPSA) is 110 Å². The molecule has 33 heavy (non-hydrogen) atoms. The van der Waals surface area contributed by atoms with E-state index in [4.69, 9.17) is 9.88 Å². The van der Waals surface area contributed by atoms with Crippen molar-refractivity contribution in [2.75, 3.05) is 23.3 Å². The molecule has 0 amide bonds. The summed E-state index contributed by atoms with van der Waals surface area (Å²) in [4.78, 5) is 11.6. The first kappa shape index (κ1) is 23.5. The third kappa shape index (κ3) is 5.82. The molecule has 0 radical (unpaired) electrons. The van der Waals surface area contributed by atoms with Gasteiger partial charge in [-0.2, -0.15) is 0 Å². The highest BCUT2D eigenvalue weighted by atomic mass is 32.2. The molecule has 10 heteroatoms. The Kier molecular flexibility index (Phi) is 6.87. The minimum atomic E-state index is -3.84. The Bertz CT molecular complexity index is 1200. The minimum absolute atomic E-state index is 0.00443. The number of anilines is 3. The monoisotopic (exact) mass is 487 g/mol. The fraction of sp³-hybridized carbons (Fsp3) is 0.391. The molecule has 2 aromatic heterocycles. The van der Waals surface area contributed by atoms with Crippen LogP contribution in [0.1, 0.15) is 33.6 Å². The summed E-state index contributed by atoms with van der Waals surface area (Å²) in [6.45, 7) is 8.18. The third-order valence-corrected chi connectivity index (χ3v) is 7.21. The van der Waals surface area contributed by atoms with Crippen LogP contribution in [-0.2, 0) is 10.0 Å². The standard InChI is InChI=1S/C23H29N5O3S2/c1-15(2)31-21-6-5-18(33(24,29)30)12-19(21)26-23-27-20(14-32-23)17-4-7-22(25-13-17)28-10-8-16(3)9-11-28/h4-7,12-16H,8-11H2,1-3H3,(H,26,27)(H2,24,29,30). The van der Waals surface area contributed by atoms with E-state index in [1.807, 2.05) is 37.6 Å². The average molecular weight is 488 g/mol. The van der Waals surface area contributed by atoms with Crippen LogP contribution in [0.5, 0.6) is 5.75 Å². The van der Waals surface area contributed by atoms with Gasteiger partial charge in [-0.05, 0) is 62.9 Å². The summed E-state index contributed by atoms with van der Waals surface area (Å²) >= 11 is 1.42. The number of sulfonamides is 1. The largest absolute Gasteiger partial charge is 0.489 e. The van der Waals surface area contributed by atoms with Crippen molar-refractivity contribution in [3.05, 3.63) is 41.9 Å². The number of benzene rings is 1. The normalized spacial score (nSPS) is 15.1. The van der Waals surface area contributed by atoms with Crippen LogP contribution in [0.4, 0.5) is 16.6 Å². The molecule has 4 rings (SSSR count). The summed E-state index contributed by atoms with van der Waals surface area (Å²) in [5.74, 6) is 2.30. The highest BCUT2D eigenvalue weighted by Gasteiger charge is 2.18. The van der Waals surface area contributed by atoms with Gasteiger partial charge < -0.3 is 15.0 Å². The second kappa shape index (κ2) is 9.66. The number of ether oxygens (including phenoxy) is 1. The van der Waals surface area contributed by atoms with Crippen LogP contribution in [0.15, 0.2) is 46.8 Å². The Balaban J connectivity index is 1.53. The van der Waals surface area contributed by atoms with Gasteiger partial charge in [0, 0.05) is 30.2 Å². The molecular weight excluding hydrogens is 458 g/mol. The summed E-state index contributed by atoms with van der Waals surface area (Å²) in [5.41, 5.74) is 2.21. The van der Waals surface area contributed by atoms with Crippen molar-refractivity contribution in [2.24, 2.45) is 11.1 Å². The molecule has 1 saturated heterocycles. The lowest BCUT2D eigenvalue weighted by atomic mass is 9.99. The number of nitrogens with zero attached hydrogens (tertiary/aromatic N) is 3. The third-order valence-electron chi connectivity index (χ3n) is 5.54. The molecule has 3 N–H and O–H groups in total. The number of rotatable bonds is 7. The van der Waals surface area contributed by atoms with E-state index in [-0.39, 0.29) is 11.0 Å². The van der Waals surface area contributed by atoms with Gasteiger partial charge in [-0.3, -0.25) is 0 Å². The van der Waals surface area contributed by atoms with Gasteiger partial charge in [0.2, 0.25) is 10.0 Å². The Labute approximate surface area is 198 Å². The molecule has 176 valence electrons. The Morgan fingerprint density at radius 2 is 1.97 bits per heavy atom. The lowest BCUT2D eigenvalue weighted by molar-refractivity contribution is 0.243. The fourth-order valence-electron chi connectivity index (χ4n) is 3.68. The van der Waals surface area contributed by atoms with Crippen molar-refractivity contribution in [2.45, 2.75) is 44.6 Å². The Morgan fingerprint density at radius 1 is 1.21 bits per heavy atom. The smallest absolute Gasteiger partial charge is 0.238 e. The van der Waals surface area contributed by atoms with E-state index < -0.39 is 10.0 Å². The van der Waals surface area contributed by atoms with E-state index in [0.29, 0.717) is 16.6 Å². The number of hydrogen-bond acceptors (Lipinski definition) is 8. The van der Waals surface area contributed by atoms with Crippen molar-refractivity contribution in [1.29, 1.82) is 0 Å². The zero-order valence-corrected chi connectivity index (χ0v) is 20.6. The average Bonchev–Trinajstić information content (AvgIpc) is 3.23. The molecule has 0 spiro atoms. The van der Waals surface area contributed by atoms with Crippen LogP contribution in [0, 0.1) is 5.92 Å². The maximum atomic E-state index is 11.8. The Morgan fingerprint density at radius 3 is 2.61 bits per heavy atom. The molecule has 0 aliphatic carbocycles. The molecule has 3 aromatic rings. The second-order valence-corrected chi connectivity index (χ2v) is 11.0. The van der Waals surface area contributed by atoms with Gasteiger partial charge in [0.05, 0.1) is 22.4 Å². The second-order valence-electron chi connectivity index (χ2n) is 8.61. The molecule has 1 aromatic carbocycles. The van der Waals surface area contributed by atoms with E-state index >= 15 is 0 Å². The van der Waals surface area contributed by atoms with Crippen LogP contribution < -0.4 is 20.1 Å². The van der Waals surface area contributed by atoms with Crippen molar-refractivity contribution in [1.82, 2.24) is 9.97 Å². The summed E-state index contributed by atoms with van der Waals surface area (Å²) < 4.78 is 29.4. The zero-order chi connectivity index (χ0) is 23.6. The van der Waals surface area contributed by atoms with Crippen molar-refractivity contribution >= 4 is 38.0 Å². The first-order valence-corrected chi connectivity index (χ1v) is 13.4. The van der Waals surface area contributed by atoms with Crippen molar-refractivity contribution < 1.29 is 13.2 Å². The molecule has 1 aliphatic heterocycles. The molecular formula is C23H29N5O3S2. The van der Waals surface area contributed by atoms with Crippen LogP contribution in [0.3, 0.4) is 0 Å². The molecule has 8 nitrogen and oxygen atoms in total. The summed E-state index contributed by atoms with van der Waals surface area (Å²) in [6.07, 6.45) is 4.16. The minimum Gasteiger partial charge on any atom is -0.489 e. The van der Waals surface area contributed by atoms with Gasteiger partial charge in [0.1, 0.15) is 11.6 Å². The van der Waals surface area contributed by atoms with Gasteiger partial charge in [0.25, 0.3) is 0 Å². The van der Waals surface area contributed by atoms with Gasteiger partial charge in [-0.25, -0.2) is 23.5 Å². The zero-order valence-electron chi connectivity index (χ0n) is 19.0. The first-order valence-electron chi connectivity index (χ1n) is 11.0. The fourth-order valence-corrected chi connectivity index (χ4v) is 4.95. The van der Waals surface area contributed by atoms with E-state index in [1.165, 1.54) is 36.3 Å². The molecule has 1 aliphatic rings. The van der Waals surface area contributed by atoms with Crippen LogP contribution in [-0.4, -0.2) is 37.6 Å². The highest BCUT2D eigenvalue weighted by Crippen LogP contribution is 2.34. The predicted molar refractivity (Wildman–Crippen MR) is 133 cm³/mol. The van der Waals surface area contributed by atoms with Crippen molar-refractivity contribution in [3.63, 3.8) is 0 Å². The number of nitrogens with two attached hydrogens (primary N) is 1. The lowest BCUT2D eigenvalue weighted by Crippen LogP contribution is -2.33. The summed E-state index contributed by atoms with van der Waals surface area (Å²) in [6, 6.07) is 8.57. The van der Waals surface area contributed by atoms with Gasteiger partial charge in [-0.15, -0.1) is 11.3 Å². The molecule has 3 heterocycles. The summed E-state index contributed by atoms with van der Waals surface area (Å²) in [7, 11) is -3.84. The number of piperidine rings is 1. The van der Waals surface area contributed by atoms with Crippen molar-refractivity contribution in [3.8, 4) is 17.0 Å². The maximum Gasteiger partial charge on any atom is 0.238 e.